The lowest BCUT2D eigenvalue weighted by atomic mass is 10.2. The van der Waals surface area contributed by atoms with Gasteiger partial charge in [-0.15, -0.1) is 0 Å². The highest BCUT2D eigenvalue weighted by molar-refractivity contribution is 5.96. The third-order valence-electron chi connectivity index (χ3n) is 3.59. The van der Waals surface area contributed by atoms with Gasteiger partial charge in [0, 0.05) is 24.7 Å². The first-order valence-electron chi connectivity index (χ1n) is 7.12. The third kappa shape index (κ3) is 3.93. The highest BCUT2D eigenvalue weighted by Gasteiger charge is 2.31. The quantitative estimate of drug-likeness (QED) is 0.892. The highest BCUT2D eigenvalue weighted by atomic mass is 19.1. The molecule has 1 aromatic rings. The van der Waals surface area contributed by atoms with E-state index >= 15 is 0 Å². The second-order valence-corrected chi connectivity index (χ2v) is 5.31. The lowest BCUT2D eigenvalue weighted by Crippen LogP contribution is -2.46. The second-order valence-electron chi connectivity index (χ2n) is 5.31. The second kappa shape index (κ2) is 6.56. The Kier molecular flexibility index (Phi) is 4.77. The molecule has 6 heteroatoms. The molecule has 114 valence electrons. The molecule has 5 nitrogen and oxygen atoms in total. The topological polar surface area (TPSA) is 61.4 Å². The van der Waals surface area contributed by atoms with Crippen LogP contribution >= 0.6 is 0 Å². The van der Waals surface area contributed by atoms with E-state index in [2.05, 4.69) is 10.6 Å². The number of amides is 3. The van der Waals surface area contributed by atoms with E-state index in [1.165, 1.54) is 12.1 Å². The van der Waals surface area contributed by atoms with Crippen molar-refractivity contribution in [3.05, 3.63) is 30.1 Å². The van der Waals surface area contributed by atoms with E-state index < -0.39 is 0 Å². The molecule has 0 saturated carbocycles. The van der Waals surface area contributed by atoms with Crippen LogP contribution in [0.3, 0.4) is 0 Å². The van der Waals surface area contributed by atoms with E-state index in [0.717, 1.165) is 6.42 Å². The first kappa shape index (κ1) is 15.3. The maximum atomic E-state index is 12.9. The molecule has 2 N–H and O–H groups in total. The van der Waals surface area contributed by atoms with Gasteiger partial charge in [-0.25, -0.2) is 9.18 Å². The van der Waals surface area contributed by atoms with Crippen molar-refractivity contribution in [2.75, 3.05) is 11.4 Å². The summed E-state index contributed by atoms with van der Waals surface area (Å²) >= 11 is 0. The monoisotopic (exact) mass is 293 g/mol. The molecular formula is C15H20FN3O2. The fourth-order valence-corrected chi connectivity index (χ4v) is 2.23. The Morgan fingerprint density at radius 2 is 2.10 bits per heavy atom. The van der Waals surface area contributed by atoms with Crippen molar-refractivity contribution < 1.29 is 14.0 Å². The number of carbonyl (C=O) groups is 2. The van der Waals surface area contributed by atoms with Gasteiger partial charge in [0.05, 0.1) is 6.04 Å². The molecule has 3 amide bonds. The minimum absolute atomic E-state index is 0.0737. The molecule has 1 aliphatic rings. The number of rotatable bonds is 4. The van der Waals surface area contributed by atoms with Gasteiger partial charge in [0.25, 0.3) is 0 Å². The average molecular weight is 293 g/mol. The first-order chi connectivity index (χ1) is 9.99. The van der Waals surface area contributed by atoms with Crippen LogP contribution in [-0.2, 0) is 4.79 Å². The largest absolute Gasteiger partial charge is 0.336 e. The summed E-state index contributed by atoms with van der Waals surface area (Å²) in [4.78, 5) is 25.3. The molecule has 1 aromatic carbocycles. The number of nitrogens with zero attached hydrogens (tertiary/aromatic N) is 1. The van der Waals surface area contributed by atoms with Crippen molar-refractivity contribution in [1.29, 1.82) is 0 Å². The Morgan fingerprint density at radius 1 is 1.43 bits per heavy atom. The first-order valence-corrected chi connectivity index (χ1v) is 7.12. The fourth-order valence-electron chi connectivity index (χ4n) is 2.23. The summed E-state index contributed by atoms with van der Waals surface area (Å²) in [5.41, 5.74) is 0.646. The smallest absolute Gasteiger partial charge is 0.315 e. The number of halogens is 1. The van der Waals surface area contributed by atoms with Crippen LogP contribution in [0.25, 0.3) is 0 Å². The van der Waals surface area contributed by atoms with Gasteiger partial charge in [0.2, 0.25) is 5.91 Å². The minimum atomic E-state index is -0.340. The van der Waals surface area contributed by atoms with E-state index in [1.807, 2.05) is 13.8 Å². The van der Waals surface area contributed by atoms with E-state index in [9.17, 15) is 14.0 Å². The van der Waals surface area contributed by atoms with Gasteiger partial charge in [-0.2, -0.15) is 0 Å². The number of benzene rings is 1. The van der Waals surface area contributed by atoms with Gasteiger partial charge in [0.1, 0.15) is 5.82 Å². The molecule has 0 radical (unpaired) electrons. The molecule has 2 rings (SSSR count). The SMILES string of the molecule is CC[C@H](C)NC(=O)N[C@@H]1CC(=O)N(c2ccc(F)cc2)C1. The van der Waals surface area contributed by atoms with Crippen LogP contribution in [0.4, 0.5) is 14.9 Å². The predicted octanol–water partition coefficient (Wildman–Crippen LogP) is 2.03. The molecule has 21 heavy (non-hydrogen) atoms. The van der Waals surface area contributed by atoms with Crippen molar-refractivity contribution in [3.63, 3.8) is 0 Å². The van der Waals surface area contributed by atoms with Gasteiger partial charge < -0.3 is 15.5 Å². The van der Waals surface area contributed by atoms with Crippen molar-refractivity contribution in [3.8, 4) is 0 Å². The molecule has 0 bridgehead atoms. The summed E-state index contributed by atoms with van der Waals surface area (Å²) in [5, 5.41) is 5.60. The molecule has 1 aliphatic heterocycles. The van der Waals surface area contributed by atoms with Crippen molar-refractivity contribution in [1.82, 2.24) is 10.6 Å². The van der Waals surface area contributed by atoms with Gasteiger partial charge in [-0.3, -0.25) is 4.79 Å². The Balaban J connectivity index is 1.93. The third-order valence-corrected chi connectivity index (χ3v) is 3.59. The molecule has 1 fully saturated rings. The Morgan fingerprint density at radius 3 is 2.71 bits per heavy atom. The van der Waals surface area contributed by atoms with Gasteiger partial charge in [-0.05, 0) is 37.6 Å². The zero-order chi connectivity index (χ0) is 15.4. The maximum absolute atomic E-state index is 12.9. The number of urea groups is 1. The van der Waals surface area contributed by atoms with Gasteiger partial charge in [-0.1, -0.05) is 6.92 Å². The van der Waals surface area contributed by atoms with E-state index in [4.69, 9.17) is 0 Å². The van der Waals surface area contributed by atoms with Gasteiger partial charge in [0.15, 0.2) is 0 Å². The molecule has 1 saturated heterocycles. The number of hydrogen-bond acceptors (Lipinski definition) is 2. The van der Waals surface area contributed by atoms with Crippen LogP contribution in [-0.4, -0.2) is 30.6 Å². The van der Waals surface area contributed by atoms with E-state index in [-0.39, 0.29) is 36.3 Å². The number of carbonyl (C=O) groups excluding carboxylic acids is 2. The molecular weight excluding hydrogens is 273 g/mol. The summed E-state index contributed by atoms with van der Waals surface area (Å²) in [7, 11) is 0. The zero-order valence-corrected chi connectivity index (χ0v) is 12.2. The normalized spacial score (nSPS) is 19.5. The van der Waals surface area contributed by atoms with Crippen molar-refractivity contribution >= 4 is 17.6 Å². The van der Waals surface area contributed by atoms with Crippen LogP contribution in [0.1, 0.15) is 26.7 Å². The summed E-state index contributed by atoms with van der Waals surface area (Å²) in [5.74, 6) is -0.413. The van der Waals surface area contributed by atoms with Crippen LogP contribution in [0.15, 0.2) is 24.3 Å². The fraction of sp³-hybridized carbons (Fsp3) is 0.467. The number of hydrogen-bond donors (Lipinski definition) is 2. The lowest BCUT2D eigenvalue weighted by Gasteiger charge is -2.18. The van der Waals surface area contributed by atoms with Crippen LogP contribution in [0.2, 0.25) is 0 Å². The van der Waals surface area contributed by atoms with Crippen LogP contribution in [0.5, 0.6) is 0 Å². The summed E-state index contributed by atoms with van der Waals surface area (Å²) in [6, 6.07) is 5.37. The van der Waals surface area contributed by atoms with E-state index in [0.29, 0.717) is 12.2 Å². The highest BCUT2D eigenvalue weighted by Crippen LogP contribution is 2.21. The Labute approximate surface area is 123 Å². The molecule has 0 aliphatic carbocycles. The van der Waals surface area contributed by atoms with Crippen LogP contribution < -0.4 is 15.5 Å². The summed E-state index contributed by atoms with van der Waals surface area (Å²) < 4.78 is 12.9. The predicted molar refractivity (Wildman–Crippen MR) is 78.6 cm³/mol. The maximum Gasteiger partial charge on any atom is 0.315 e. The van der Waals surface area contributed by atoms with Crippen molar-refractivity contribution in [2.45, 2.75) is 38.8 Å². The molecule has 0 unspecified atom stereocenters. The molecule has 0 aromatic heterocycles. The average Bonchev–Trinajstić information content (AvgIpc) is 2.80. The molecule has 1 heterocycles. The van der Waals surface area contributed by atoms with E-state index in [1.54, 1.807) is 17.0 Å². The summed E-state index contributed by atoms with van der Waals surface area (Å²) in [6.07, 6.45) is 1.10. The summed E-state index contributed by atoms with van der Waals surface area (Å²) in [6.45, 7) is 4.31. The van der Waals surface area contributed by atoms with Gasteiger partial charge >= 0.3 is 6.03 Å². The standard InChI is InChI=1S/C15H20FN3O2/c1-3-10(2)17-15(21)18-12-8-14(20)19(9-12)13-6-4-11(16)5-7-13/h4-7,10,12H,3,8-9H2,1-2H3,(H2,17,18,21)/t10-,12+/m0/s1. The zero-order valence-electron chi connectivity index (χ0n) is 12.2. The minimum Gasteiger partial charge on any atom is -0.336 e. The van der Waals surface area contributed by atoms with Crippen LogP contribution in [0, 0.1) is 5.82 Å². The number of nitrogens with one attached hydrogen (secondary N) is 2. The Bertz CT molecular complexity index is 518. The number of anilines is 1. The molecule has 2 atom stereocenters. The lowest BCUT2D eigenvalue weighted by molar-refractivity contribution is -0.117. The Hall–Kier alpha value is -2.11. The molecule has 0 spiro atoms. The van der Waals surface area contributed by atoms with Crippen molar-refractivity contribution in [2.24, 2.45) is 0 Å².